The maximum atomic E-state index is 12.7. The molecule has 1 amide bonds. The van der Waals surface area contributed by atoms with Gasteiger partial charge in [0.25, 0.3) is 5.91 Å². The van der Waals surface area contributed by atoms with Crippen molar-refractivity contribution in [2.24, 2.45) is 0 Å². The number of pyridine rings is 1. The zero-order valence-corrected chi connectivity index (χ0v) is 18.3. The molecule has 7 heteroatoms. The Labute approximate surface area is 187 Å². The Morgan fingerprint density at radius 1 is 1.26 bits per heavy atom. The van der Waals surface area contributed by atoms with E-state index in [1.54, 1.807) is 38.1 Å². The van der Waals surface area contributed by atoms with E-state index in [-0.39, 0.29) is 23.5 Å². The molecule has 2 N–H and O–H groups in total. The molecule has 1 fully saturated rings. The number of ether oxygens (including phenoxy) is 1. The van der Waals surface area contributed by atoms with Gasteiger partial charge in [0, 0.05) is 23.0 Å². The third kappa shape index (κ3) is 6.55. The molecule has 3 rings (SSSR count). The molecular formula is C24H25ClN2O4. The summed E-state index contributed by atoms with van der Waals surface area (Å²) in [6.45, 7) is 3.49. The van der Waals surface area contributed by atoms with Crippen molar-refractivity contribution in [3.63, 3.8) is 0 Å². The Hall–Kier alpha value is -2.88. The van der Waals surface area contributed by atoms with Crippen LogP contribution >= 0.6 is 11.6 Å². The quantitative estimate of drug-likeness (QED) is 0.558. The highest BCUT2D eigenvalue weighted by Crippen LogP contribution is 2.28. The van der Waals surface area contributed by atoms with Gasteiger partial charge in [-0.15, -0.1) is 0 Å². The standard InChI is InChI=1S/C24H25ClN2O4/c1-16(2)31-23(29)21-10-4-9-20(27-21)22(28)26-19-8-5-12-24(30,15-19)13-11-17-6-3-7-18(25)14-17/h3-4,6-7,9-10,14,16,19,30H,5,8,12,15H2,1-2H3,(H,26,28)/t19-,24+/m0/s1. The zero-order valence-electron chi connectivity index (χ0n) is 17.5. The molecule has 0 aliphatic heterocycles. The summed E-state index contributed by atoms with van der Waals surface area (Å²) in [6.07, 6.45) is 2.00. The second-order valence-corrected chi connectivity index (χ2v) is 8.36. The molecule has 1 aromatic heterocycles. The van der Waals surface area contributed by atoms with Gasteiger partial charge in [-0.3, -0.25) is 4.79 Å². The Kier molecular flexibility index (Phi) is 7.32. The summed E-state index contributed by atoms with van der Waals surface area (Å²) < 4.78 is 5.13. The van der Waals surface area contributed by atoms with E-state index < -0.39 is 17.5 Å². The molecule has 0 spiro atoms. The van der Waals surface area contributed by atoms with Crippen molar-refractivity contribution in [3.8, 4) is 11.8 Å². The first-order chi connectivity index (χ1) is 14.7. The number of hydrogen-bond acceptors (Lipinski definition) is 5. The minimum Gasteiger partial charge on any atom is -0.458 e. The van der Waals surface area contributed by atoms with E-state index in [0.717, 1.165) is 18.4 Å². The maximum Gasteiger partial charge on any atom is 0.357 e. The lowest BCUT2D eigenvalue weighted by molar-refractivity contribution is 0.0370. The molecule has 1 saturated carbocycles. The smallest absolute Gasteiger partial charge is 0.357 e. The number of hydrogen-bond donors (Lipinski definition) is 2. The number of nitrogens with one attached hydrogen (secondary N) is 1. The van der Waals surface area contributed by atoms with Crippen molar-refractivity contribution in [2.75, 3.05) is 0 Å². The van der Waals surface area contributed by atoms with Crippen molar-refractivity contribution in [2.45, 2.75) is 57.3 Å². The van der Waals surface area contributed by atoms with Crippen molar-refractivity contribution in [1.29, 1.82) is 0 Å². The lowest BCUT2D eigenvalue weighted by atomic mass is 9.82. The first-order valence-corrected chi connectivity index (χ1v) is 10.6. The molecular weight excluding hydrogens is 416 g/mol. The van der Waals surface area contributed by atoms with Gasteiger partial charge < -0.3 is 15.2 Å². The van der Waals surface area contributed by atoms with Crippen LogP contribution in [0.5, 0.6) is 0 Å². The zero-order chi connectivity index (χ0) is 22.4. The third-order valence-corrected chi connectivity index (χ3v) is 5.10. The molecule has 0 saturated heterocycles. The van der Waals surface area contributed by atoms with E-state index in [2.05, 4.69) is 22.1 Å². The highest BCUT2D eigenvalue weighted by molar-refractivity contribution is 6.30. The van der Waals surface area contributed by atoms with Gasteiger partial charge in [-0.05, 0) is 63.4 Å². The van der Waals surface area contributed by atoms with Crippen LogP contribution in [0.4, 0.5) is 0 Å². The van der Waals surface area contributed by atoms with Gasteiger partial charge >= 0.3 is 5.97 Å². The Bertz CT molecular complexity index is 1030. The van der Waals surface area contributed by atoms with Gasteiger partial charge in [0.15, 0.2) is 0 Å². The molecule has 1 aromatic carbocycles. The molecule has 1 heterocycles. The first kappa shape index (κ1) is 22.8. The van der Waals surface area contributed by atoms with Crippen molar-refractivity contribution < 1.29 is 19.4 Å². The molecule has 2 aromatic rings. The number of rotatable bonds is 4. The Balaban J connectivity index is 1.66. The molecule has 1 aliphatic carbocycles. The fourth-order valence-electron chi connectivity index (χ4n) is 3.45. The number of nitrogens with zero attached hydrogens (tertiary/aromatic N) is 1. The summed E-state index contributed by atoms with van der Waals surface area (Å²) in [5.41, 5.74) is -0.276. The second kappa shape index (κ2) is 9.95. The van der Waals surface area contributed by atoms with E-state index in [9.17, 15) is 14.7 Å². The Morgan fingerprint density at radius 2 is 2.00 bits per heavy atom. The number of esters is 1. The van der Waals surface area contributed by atoms with E-state index in [1.807, 2.05) is 6.07 Å². The lowest BCUT2D eigenvalue weighted by Gasteiger charge is -2.33. The van der Waals surface area contributed by atoms with Gasteiger partial charge in [-0.25, -0.2) is 9.78 Å². The summed E-state index contributed by atoms with van der Waals surface area (Å²) in [4.78, 5) is 28.8. The van der Waals surface area contributed by atoms with Gasteiger partial charge in [-0.1, -0.05) is 35.6 Å². The van der Waals surface area contributed by atoms with Crippen LogP contribution in [0.2, 0.25) is 5.02 Å². The highest BCUT2D eigenvalue weighted by atomic mass is 35.5. The number of halogens is 1. The number of amides is 1. The van der Waals surface area contributed by atoms with Crippen LogP contribution in [-0.4, -0.2) is 39.7 Å². The van der Waals surface area contributed by atoms with E-state index >= 15 is 0 Å². The van der Waals surface area contributed by atoms with Crippen molar-refractivity contribution >= 4 is 23.5 Å². The molecule has 162 valence electrons. The predicted octanol–water partition coefficient (Wildman–Crippen LogP) is 3.76. The monoisotopic (exact) mass is 440 g/mol. The topological polar surface area (TPSA) is 88.5 Å². The number of carbonyl (C=O) groups excluding carboxylic acids is 2. The molecule has 6 nitrogen and oxygen atoms in total. The number of benzene rings is 1. The third-order valence-electron chi connectivity index (χ3n) is 4.86. The number of carbonyl (C=O) groups is 2. The summed E-state index contributed by atoms with van der Waals surface area (Å²) in [5.74, 6) is 4.94. The summed E-state index contributed by atoms with van der Waals surface area (Å²) >= 11 is 5.98. The lowest BCUT2D eigenvalue weighted by Crippen LogP contribution is -2.45. The number of aliphatic hydroxyl groups is 1. The van der Waals surface area contributed by atoms with Crippen LogP contribution in [0.3, 0.4) is 0 Å². The summed E-state index contributed by atoms with van der Waals surface area (Å²) in [7, 11) is 0. The predicted molar refractivity (Wildman–Crippen MR) is 118 cm³/mol. The van der Waals surface area contributed by atoms with Crippen LogP contribution < -0.4 is 5.32 Å². The molecule has 2 atom stereocenters. The highest BCUT2D eigenvalue weighted by Gasteiger charge is 2.33. The summed E-state index contributed by atoms with van der Waals surface area (Å²) in [6, 6.07) is 11.5. The van der Waals surface area contributed by atoms with Crippen molar-refractivity contribution in [1.82, 2.24) is 10.3 Å². The molecule has 1 aliphatic rings. The second-order valence-electron chi connectivity index (χ2n) is 7.92. The Morgan fingerprint density at radius 3 is 2.74 bits per heavy atom. The van der Waals surface area contributed by atoms with Crippen LogP contribution in [-0.2, 0) is 4.74 Å². The van der Waals surface area contributed by atoms with Crippen LogP contribution in [0.15, 0.2) is 42.5 Å². The average molecular weight is 441 g/mol. The van der Waals surface area contributed by atoms with Gasteiger partial charge in [0.05, 0.1) is 6.10 Å². The average Bonchev–Trinajstić information content (AvgIpc) is 2.72. The molecule has 0 bridgehead atoms. The number of aromatic nitrogens is 1. The molecule has 0 unspecified atom stereocenters. The van der Waals surface area contributed by atoms with E-state index in [1.165, 1.54) is 12.1 Å². The SMILES string of the molecule is CC(C)OC(=O)c1cccc(C(=O)N[C@H]2CCC[C@@](O)(C#Cc3cccc(Cl)c3)C2)n1. The van der Waals surface area contributed by atoms with Crippen molar-refractivity contribution in [3.05, 3.63) is 64.4 Å². The van der Waals surface area contributed by atoms with Crippen LogP contribution in [0.25, 0.3) is 0 Å². The largest absolute Gasteiger partial charge is 0.458 e. The van der Waals surface area contributed by atoms with Crippen LogP contribution in [0.1, 0.15) is 66.1 Å². The molecule has 0 radical (unpaired) electrons. The summed E-state index contributed by atoms with van der Waals surface area (Å²) in [5, 5.41) is 14.4. The van der Waals surface area contributed by atoms with Gasteiger partial charge in [0.2, 0.25) is 0 Å². The van der Waals surface area contributed by atoms with Crippen LogP contribution in [0, 0.1) is 11.8 Å². The normalized spacial score (nSPS) is 20.5. The fourth-order valence-corrected chi connectivity index (χ4v) is 3.64. The first-order valence-electron chi connectivity index (χ1n) is 10.2. The minimum atomic E-state index is -1.20. The van der Waals surface area contributed by atoms with E-state index in [4.69, 9.17) is 16.3 Å². The van der Waals surface area contributed by atoms with Gasteiger partial charge in [0.1, 0.15) is 17.0 Å². The van der Waals surface area contributed by atoms with E-state index in [0.29, 0.717) is 17.9 Å². The molecule has 31 heavy (non-hydrogen) atoms. The fraction of sp³-hybridized carbons (Fsp3) is 0.375. The minimum absolute atomic E-state index is 0.0777. The van der Waals surface area contributed by atoms with Gasteiger partial charge in [-0.2, -0.15) is 0 Å². The maximum absolute atomic E-state index is 12.7.